The van der Waals surface area contributed by atoms with Crippen molar-refractivity contribution in [1.82, 2.24) is 10.2 Å². The fraction of sp³-hybridized carbons (Fsp3) is 0.100. The lowest BCUT2D eigenvalue weighted by Gasteiger charge is -2.03. The summed E-state index contributed by atoms with van der Waals surface area (Å²) in [5.41, 5.74) is 6.00. The SMILES string of the molecule is Cc1nnc(Sc2ccc(C(N)=NO)cc2Cl)o1. The highest BCUT2D eigenvalue weighted by molar-refractivity contribution is 7.99. The van der Waals surface area contributed by atoms with Crippen LogP contribution >= 0.6 is 23.4 Å². The summed E-state index contributed by atoms with van der Waals surface area (Å²) < 4.78 is 5.23. The molecule has 8 heteroatoms. The van der Waals surface area contributed by atoms with Gasteiger partial charge >= 0.3 is 0 Å². The van der Waals surface area contributed by atoms with Gasteiger partial charge in [0.2, 0.25) is 5.89 Å². The molecule has 0 saturated heterocycles. The molecule has 0 unspecified atom stereocenters. The molecule has 6 nitrogen and oxygen atoms in total. The third kappa shape index (κ3) is 2.74. The largest absolute Gasteiger partial charge is 0.416 e. The summed E-state index contributed by atoms with van der Waals surface area (Å²) in [7, 11) is 0. The fourth-order valence-corrected chi connectivity index (χ4v) is 2.24. The van der Waals surface area contributed by atoms with Gasteiger partial charge in [-0.15, -0.1) is 10.2 Å². The molecular formula is C10H9ClN4O2S. The van der Waals surface area contributed by atoms with Crippen LogP contribution in [0.5, 0.6) is 0 Å². The van der Waals surface area contributed by atoms with E-state index in [9.17, 15) is 0 Å². The summed E-state index contributed by atoms with van der Waals surface area (Å²) in [6.07, 6.45) is 0. The van der Waals surface area contributed by atoms with Crippen LogP contribution in [0.3, 0.4) is 0 Å². The molecule has 1 aromatic heterocycles. The second-order valence-corrected chi connectivity index (χ2v) is 4.72. The Hall–Kier alpha value is -1.73. The first-order valence-electron chi connectivity index (χ1n) is 4.85. The van der Waals surface area contributed by atoms with Gasteiger partial charge in [0.25, 0.3) is 5.22 Å². The van der Waals surface area contributed by atoms with Crippen molar-refractivity contribution in [3.63, 3.8) is 0 Å². The predicted molar refractivity (Wildman–Crippen MR) is 67.1 cm³/mol. The van der Waals surface area contributed by atoms with E-state index in [-0.39, 0.29) is 5.84 Å². The van der Waals surface area contributed by atoms with Gasteiger partial charge in [0.05, 0.1) is 5.02 Å². The smallest absolute Gasteiger partial charge is 0.281 e. The van der Waals surface area contributed by atoms with Crippen LogP contribution in [0, 0.1) is 6.92 Å². The Morgan fingerprint density at radius 2 is 2.28 bits per heavy atom. The van der Waals surface area contributed by atoms with Gasteiger partial charge in [0.1, 0.15) is 0 Å². The molecule has 18 heavy (non-hydrogen) atoms. The van der Waals surface area contributed by atoms with Gasteiger partial charge in [-0.25, -0.2) is 0 Å². The van der Waals surface area contributed by atoms with E-state index in [1.54, 1.807) is 25.1 Å². The van der Waals surface area contributed by atoms with E-state index in [1.807, 2.05) is 0 Å². The molecule has 0 aliphatic heterocycles. The Morgan fingerprint density at radius 3 is 2.83 bits per heavy atom. The van der Waals surface area contributed by atoms with Gasteiger partial charge in [-0.05, 0) is 30.0 Å². The minimum absolute atomic E-state index is 0.00193. The van der Waals surface area contributed by atoms with Crippen LogP contribution in [-0.2, 0) is 0 Å². The Balaban J connectivity index is 2.25. The summed E-state index contributed by atoms with van der Waals surface area (Å²) in [5, 5.41) is 19.9. The van der Waals surface area contributed by atoms with Gasteiger partial charge in [-0.2, -0.15) is 0 Å². The zero-order valence-corrected chi connectivity index (χ0v) is 10.9. The first kappa shape index (κ1) is 12.7. The van der Waals surface area contributed by atoms with E-state index in [0.717, 1.165) is 4.90 Å². The minimum Gasteiger partial charge on any atom is -0.416 e. The number of aromatic nitrogens is 2. The number of rotatable bonds is 3. The quantitative estimate of drug-likeness (QED) is 0.388. The standard InChI is InChI=1S/C10H9ClN4O2S/c1-5-13-14-10(17-5)18-8-3-2-6(4-7(8)11)9(12)15-16/h2-4,16H,1H3,(H2,12,15). The number of benzene rings is 1. The highest BCUT2D eigenvalue weighted by Crippen LogP contribution is 2.32. The van der Waals surface area contributed by atoms with E-state index < -0.39 is 0 Å². The van der Waals surface area contributed by atoms with E-state index in [2.05, 4.69) is 15.4 Å². The lowest BCUT2D eigenvalue weighted by Crippen LogP contribution is -2.12. The van der Waals surface area contributed by atoms with Crippen molar-refractivity contribution < 1.29 is 9.62 Å². The molecule has 0 aliphatic rings. The molecule has 0 spiro atoms. The second kappa shape index (κ2) is 5.28. The lowest BCUT2D eigenvalue weighted by atomic mass is 10.2. The zero-order valence-electron chi connectivity index (χ0n) is 9.29. The average Bonchev–Trinajstić information content (AvgIpc) is 2.76. The number of aryl methyl sites for hydroxylation is 1. The van der Waals surface area contributed by atoms with Crippen LogP contribution in [0.15, 0.2) is 37.9 Å². The van der Waals surface area contributed by atoms with Gasteiger partial charge in [0.15, 0.2) is 5.84 Å². The van der Waals surface area contributed by atoms with Gasteiger partial charge in [-0.1, -0.05) is 16.8 Å². The third-order valence-corrected chi connectivity index (χ3v) is 3.38. The Morgan fingerprint density at radius 1 is 1.50 bits per heavy atom. The number of oxime groups is 1. The lowest BCUT2D eigenvalue weighted by molar-refractivity contribution is 0.318. The number of halogens is 1. The molecule has 0 saturated carbocycles. The summed E-state index contributed by atoms with van der Waals surface area (Å²) >= 11 is 7.33. The molecular weight excluding hydrogens is 276 g/mol. The van der Waals surface area contributed by atoms with E-state index >= 15 is 0 Å². The number of nitrogens with two attached hydrogens (primary N) is 1. The Bertz CT molecular complexity index is 599. The molecule has 94 valence electrons. The number of nitrogens with zero attached hydrogens (tertiary/aromatic N) is 3. The fourth-order valence-electron chi connectivity index (χ4n) is 1.21. The molecule has 3 N–H and O–H groups in total. The molecule has 2 rings (SSSR count). The molecule has 0 atom stereocenters. The summed E-state index contributed by atoms with van der Waals surface area (Å²) in [5.74, 6) is 0.490. The highest BCUT2D eigenvalue weighted by Gasteiger charge is 2.10. The van der Waals surface area contributed by atoms with Crippen molar-refractivity contribution in [2.75, 3.05) is 0 Å². The van der Waals surface area contributed by atoms with Crippen molar-refractivity contribution in [3.8, 4) is 0 Å². The van der Waals surface area contributed by atoms with Crippen LogP contribution in [0.1, 0.15) is 11.5 Å². The topological polar surface area (TPSA) is 97.5 Å². The molecule has 2 aromatic rings. The Kier molecular flexibility index (Phi) is 3.73. The van der Waals surface area contributed by atoms with Gasteiger partial charge < -0.3 is 15.4 Å². The van der Waals surface area contributed by atoms with Gasteiger partial charge in [0, 0.05) is 17.4 Å². The Labute approximate surface area is 112 Å². The van der Waals surface area contributed by atoms with Crippen LogP contribution in [0.2, 0.25) is 5.02 Å². The molecule has 0 amide bonds. The predicted octanol–water partition coefficient (Wildman–Crippen LogP) is 2.28. The van der Waals surface area contributed by atoms with E-state index in [0.29, 0.717) is 21.7 Å². The summed E-state index contributed by atoms with van der Waals surface area (Å²) in [4.78, 5) is 0.745. The second-order valence-electron chi connectivity index (χ2n) is 3.32. The maximum Gasteiger partial charge on any atom is 0.281 e. The normalized spacial score (nSPS) is 11.8. The highest BCUT2D eigenvalue weighted by atomic mass is 35.5. The van der Waals surface area contributed by atoms with Crippen molar-refractivity contribution in [2.24, 2.45) is 10.9 Å². The van der Waals surface area contributed by atoms with Crippen molar-refractivity contribution in [2.45, 2.75) is 17.0 Å². The summed E-state index contributed by atoms with van der Waals surface area (Å²) in [6.45, 7) is 1.71. The van der Waals surface area contributed by atoms with Crippen LogP contribution in [0.4, 0.5) is 0 Å². The van der Waals surface area contributed by atoms with Gasteiger partial charge in [-0.3, -0.25) is 0 Å². The summed E-state index contributed by atoms with van der Waals surface area (Å²) in [6, 6.07) is 5.02. The number of hydrogen-bond acceptors (Lipinski definition) is 6. The van der Waals surface area contributed by atoms with Crippen molar-refractivity contribution in [1.29, 1.82) is 0 Å². The molecule has 1 heterocycles. The average molecular weight is 285 g/mol. The molecule has 0 bridgehead atoms. The monoisotopic (exact) mass is 284 g/mol. The first-order chi connectivity index (χ1) is 8.60. The van der Waals surface area contributed by atoms with Crippen LogP contribution in [-0.4, -0.2) is 21.2 Å². The van der Waals surface area contributed by atoms with Crippen LogP contribution in [0.25, 0.3) is 0 Å². The third-order valence-electron chi connectivity index (χ3n) is 2.04. The molecule has 0 fully saturated rings. The maximum absolute atomic E-state index is 8.57. The molecule has 0 radical (unpaired) electrons. The van der Waals surface area contributed by atoms with E-state index in [1.165, 1.54) is 11.8 Å². The molecule has 0 aliphatic carbocycles. The first-order valence-corrected chi connectivity index (χ1v) is 6.05. The number of hydrogen-bond donors (Lipinski definition) is 2. The van der Waals surface area contributed by atoms with Crippen LogP contribution < -0.4 is 5.73 Å². The molecule has 1 aromatic carbocycles. The number of amidine groups is 1. The van der Waals surface area contributed by atoms with Crippen molar-refractivity contribution >= 4 is 29.2 Å². The maximum atomic E-state index is 8.57. The zero-order chi connectivity index (χ0) is 13.1. The minimum atomic E-state index is 0.00193. The van der Waals surface area contributed by atoms with Crippen molar-refractivity contribution in [3.05, 3.63) is 34.7 Å². The van der Waals surface area contributed by atoms with E-state index in [4.69, 9.17) is 27.0 Å².